The van der Waals surface area contributed by atoms with Gasteiger partial charge in [-0.25, -0.2) is 0 Å². The number of halogens is 1. The second-order valence-electron chi connectivity index (χ2n) is 6.51. The van der Waals surface area contributed by atoms with Gasteiger partial charge in [0.05, 0.1) is 5.02 Å². The van der Waals surface area contributed by atoms with E-state index >= 15 is 0 Å². The van der Waals surface area contributed by atoms with Gasteiger partial charge in [-0.2, -0.15) is 0 Å². The van der Waals surface area contributed by atoms with E-state index in [1.54, 1.807) is 42.5 Å². The lowest BCUT2D eigenvalue weighted by Gasteiger charge is -2.03. The van der Waals surface area contributed by atoms with Crippen molar-refractivity contribution in [1.29, 1.82) is 0 Å². The molecule has 4 rings (SSSR count). The Kier molecular flexibility index (Phi) is 5.84. The molecule has 4 aromatic rings. The third-order valence-corrected chi connectivity index (χ3v) is 4.75. The lowest BCUT2D eigenvalue weighted by Crippen LogP contribution is -2.07. The molecule has 0 atom stereocenters. The van der Waals surface area contributed by atoms with Crippen molar-refractivity contribution in [2.75, 3.05) is 5.32 Å². The number of hydrogen-bond acceptors (Lipinski definition) is 4. The van der Waals surface area contributed by atoms with Crippen LogP contribution in [0.5, 0.6) is 0 Å². The Hall–Kier alpha value is -3.54. The van der Waals surface area contributed by atoms with Gasteiger partial charge in [0.25, 0.3) is 0 Å². The van der Waals surface area contributed by atoms with Gasteiger partial charge in [0.15, 0.2) is 0 Å². The first-order valence-electron chi connectivity index (χ1n) is 9.26. The Morgan fingerprint density at radius 1 is 0.933 bits per heavy atom. The summed E-state index contributed by atoms with van der Waals surface area (Å²) in [6.45, 7) is -0.143. The minimum absolute atomic E-state index is 0.143. The Morgan fingerprint density at radius 2 is 1.70 bits per heavy atom. The van der Waals surface area contributed by atoms with Crippen molar-refractivity contribution in [3.63, 3.8) is 0 Å². The van der Waals surface area contributed by atoms with Crippen molar-refractivity contribution in [1.82, 2.24) is 0 Å². The summed E-state index contributed by atoms with van der Waals surface area (Å²) in [6, 6.07) is 21.8. The van der Waals surface area contributed by atoms with Gasteiger partial charge >= 0.3 is 0 Å². The van der Waals surface area contributed by atoms with Crippen molar-refractivity contribution in [2.24, 2.45) is 0 Å². The maximum Gasteiger partial charge on any atom is 0.248 e. The highest BCUT2D eigenvalue weighted by atomic mass is 35.5. The van der Waals surface area contributed by atoms with Crippen LogP contribution >= 0.6 is 11.6 Å². The van der Waals surface area contributed by atoms with E-state index in [-0.39, 0.29) is 12.5 Å². The van der Waals surface area contributed by atoms with Gasteiger partial charge in [-0.1, -0.05) is 23.7 Å². The number of carbonyl (C=O) groups excluding carboxylic acids is 1. The molecule has 6 heteroatoms. The third-order valence-electron chi connectivity index (χ3n) is 4.42. The summed E-state index contributed by atoms with van der Waals surface area (Å²) in [7, 11) is 0. The monoisotopic (exact) mass is 419 g/mol. The Labute approximate surface area is 178 Å². The molecule has 0 unspecified atom stereocenters. The molecule has 0 spiro atoms. The molecule has 0 aliphatic heterocycles. The van der Waals surface area contributed by atoms with E-state index in [2.05, 4.69) is 5.32 Å². The summed E-state index contributed by atoms with van der Waals surface area (Å²) in [5.74, 6) is 2.07. The Balaban J connectivity index is 1.39. The fourth-order valence-electron chi connectivity index (χ4n) is 2.93. The molecular formula is C24H18ClNO4. The van der Waals surface area contributed by atoms with Crippen molar-refractivity contribution >= 4 is 29.3 Å². The number of aliphatic hydroxyl groups is 1. The highest BCUT2D eigenvalue weighted by Gasteiger charge is 2.08. The summed E-state index contributed by atoms with van der Waals surface area (Å²) in [4.78, 5) is 12.2. The Morgan fingerprint density at radius 3 is 2.43 bits per heavy atom. The zero-order valence-electron chi connectivity index (χ0n) is 15.8. The van der Waals surface area contributed by atoms with Gasteiger partial charge in [-0.3, -0.25) is 4.79 Å². The second-order valence-corrected chi connectivity index (χ2v) is 6.91. The molecule has 0 radical (unpaired) electrons. The number of nitrogens with one attached hydrogen (secondary N) is 1. The topological polar surface area (TPSA) is 75.6 Å². The zero-order valence-corrected chi connectivity index (χ0v) is 16.6. The number of hydrogen-bond donors (Lipinski definition) is 2. The third kappa shape index (κ3) is 4.54. The average Bonchev–Trinajstić information content (AvgIpc) is 3.43. The van der Waals surface area contributed by atoms with Gasteiger partial charge in [-0.05, 0) is 66.7 Å². The van der Waals surface area contributed by atoms with Gasteiger partial charge in [0.2, 0.25) is 5.91 Å². The van der Waals surface area contributed by atoms with Gasteiger partial charge in [0, 0.05) is 22.9 Å². The van der Waals surface area contributed by atoms with Gasteiger partial charge in [-0.15, -0.1) is 0 Å². The summed E-state index contributed by atoms with van der Waals surface area (Å²) in [5, 5.41) is 12.5. The van der Waals surface area contributed by atoms with Crippen LogP contribution in [0, 0.1) is 0 Å². The van der Waals surface area contributed by atoms with Crippen molar-refractivity contribution < 1.29 is 18.7 Å². The molecule has 2 N–H and O–H groups in total. The minimum atomic E-state index is -0.279. The molecule has 150 valence electrons. The van der Waals surface area contributed by atoms with E-state index < -0.39 is 0 Å². The normalized spacial score (nSPS) is 11.1. The first-order valence-corrected chi connectivity index (χ1v) is 9.64. The predicted molar refractivity (Wildman–Crippen MR) is 117 cm³/mol. The minimum Gasteiger partial charge on any atom is -0.459 e. The predicted octanol–water partition coefficient (Wildman–Crippen LogP) is 6.00. The molecule has 0 fully saturated rings. The van der Waals surface area contributed by atoms with Crippen LogP contribution in [0.15, 0.2) is 87.7 Å². The molecule has 0 saturated carbocycles. The SMILES string of the molecule is O=C(/C=C/c1ccc(-c2ccccc2Cl)o1)Nc1ccc(-c2ccc(CO)o2)cc1. The lowest BCUT2D eigenvalue weighted by molar-refractivity contribution is -0.111. The number of furan rings is 2. The lowest BCUT2D eigenvalue weighted by atomic mass is 10.1. The van der Waals surface area contributed by atoms with Crippen LogP contribution in [0.1, 0.15) is 11.5 Å². The van der Waals surface area contributed by atoms with E-state index in [9.17, 15) is 4.79 Å². The number of anilines is 1. The summed E-state index contributed by atoms with van der Waals surface area (Å²) < 4.78 is 11.2. The number of aliphatic hydroxyl groups excluding tert-OH is 1. The summed E-state index contributed by atoms with van der Waals surface area (Å²) in [5.41, 5.74) is 2.30. The molecule has 5 nitrogen and oxygen atoms in total. The molecule has 0 saturated heterocycles. The van der Waals surface area contributed by atoms with Crippen LogP contribution in [-0.4, -0.2) is 11.0 Å². The number of benzene rings is 2. The number of amides is 1. The van der Waals surface area contributed by atoms with Gasteiger partial charge in [0.1, 0.15) is 29.6 Å². The Bertz CT molecular complexity index is 1190. The molecular weight excluding hydrogens is 402 g/mol. The highest BCUT2D eigenvalue weighted by molar-refractivity contribution is 6.33. The fraction of sp³-hybridized carbons (Fsp3) is 0.0417. The van der Waals surface area contributed by atoms with E-state index in [0.29, 0.717) is 33.8 Å². The summed E-state index contributed by atoms with van der Waals surface area (Å²) in [6.07, 6.45) is 3.01. The van der Waals surface area contributed by atoms with E-state index in [1.807, 2.05) is 36.4 Å². The number of rotatable bonds is 6. The maximum atomic E-state index is 12.2. The molecule has 0 aliphatic carbocycles. The van der Waals surface area contributed by atoms with Crippen molar-refractivity contribution in [2.45, 2.75) is 6.61 Å². The summed E-state index contributed by atoms with van der Waals surface area (Å²) >= 11 is 6.19. The standard InChI is InChI=1S/C24H18ClNO4/c25-21-4-2-1-3-20(21)23-13-9-18(29-23)11-14-24(28)26-17-7-5-16(6-8-17)22-12-10-19(15-27)30-22/h1-14,27H,15H2,(H,26,28)/b14-11+. The van der Waals surface area contributed by atoms with E-state index in [1.165, 1.54) is 6.08 Å². The average molecular weight is 420 g/mol. The number of carbonyl (C=O) groups is 1. The van der Waals surface area contributed by atoms with Crippen LogP contribution in [0.25, 0.3) is 28.7 Å². The molecule has 2 aromatic carbocycles. The molecule has 0 aliphatic rings. The maximum absolute atomic E-state index is 12.2. The van der Waals surface area contributed by atoms with Crippen LogP contribution in [-0.2, 0) is 11.4 Å². The van der Waals surface area contributed by atoms with Crippen LogP contribution in [0.2, 0.25) is 5.02 Å². The first kappa shape index (κ1) is 19.8. The zero-order chi connectivity index (χ0) is 20.9. The van der Waals surface area contributed by atoms with E-state index in [0.717, 1.165) is 11.1 Å². The molecule has 0 bridgehead atoms. The van der Waals surface area contributed by atoms with Crippen molar-refractivity contribution in [3.8, 4) is 22.6 Å². The van der Waals surface area contributed by atoms with Crippen LogP contribution < -0.4 is 5.32 Å². The largest absolute Gasteiger partial charge is 0.459 e. The first-order chi connectivity index (χ1) is 14.6. The molecule has 1 amide bonds. The molecule has 2 heterocycles. The van der Waals surface area contributed by atoms with Crippen LogP contribution in [0.3, 0.4) is 0 Å². The highest BCUT2D eigenvalue weighted by Crippen LogP contribution is 2.29. The van der Waals surface area contributed by atoms with Crippen LogP contribution in [0.4, 0.5) is 5.69 Å². The second kappa shape index (κ2) is 8.86. The van der Waals surface area contributed by atoms with Crippen molar-refractivity contribution in [3.05, 3.63) is 95.4 Å². The molecule has 2 aromatic heterocycles. The van der Waals surface area contributed by atoms with Gasteiger partial charge < -0.3 is 19.3 Å². The van der Waals surface area contributed by atoms with E-state index in [4.69, 9.17) is 25.5 Å². The quantitative estimate of drug-likeness (QED) is 0.375. The fourth-order valence-corrected chi connectivity index (χ4v) is 3.15. The molecule has 30 heavy (non-hydrogen) atoms. The smallest absolute Gasteiger partial charge is 0.248 e.